The largest absolute Gasteiger partial charge is 0.373 e. The first-order valence-electron chi connectivity index (χ1n) is 5.80. The maximum Gasteiger partial charge on any atom is 0.180 e. The lowest BCUT2D eigenvalue weighted by molar-refractivity contribution is 0.874. The highest BCUT2D eigenvalue weighted by atomic mass is 15.0. The van der Waals surface area contributed by atoms with Gasteiger partial charge in [-0.2, -0.15) is 0 Å². The molecule has 88 valence electrons. The summed E-state index contributed by atoms with van der Waals surface area (Å²) in [6.45, 7) is 2.14. The van der Waals surface area contributed by atoms with Crippen LogP contribution < -0.4 is 5.32 Å². The monoisotopic (exact) mass is 228 g/mol. The van der Waals surface area contributed by atoms with Crippen molar-refractivity contribution in [2.24, 2.45) is 0 Å². The van der Waals surface area contributed by atoms with Crippen molar-refractivity contribution in [3.8, 4) is 11.5 Å². The number of nitrogens with one attached hydrogen (secondary N) is 1. The van der Waals surface area contributed by atoms with Crippen LogP contribution in [0.4, 0.5) is 5.82 Å². The summed E-state index contributed by atoms with van der Waals surface area (Å²) in [5, 5.41) is 3.06. The van der Waals surface area contributed by atoms with E-state index in [0.29, 0.717) is 5.82 Å². The molecular formula is C13H16N4. The van der Waals surface area contributed by atoms with Crippen LogP contribution in [0.1, 0.15) is 19.0 Å². The van der Waals surface area contributed by atoms with Gasteiger partial charge in [0, 0.05) is 25.0 Å². The zero-order chi connectivity index (χ0) is 12.1. The van der Waals surface area contributed by atoms with Gasteiger partial charge >= 0.3 is 0 Å². The van der Waals surface area contributed by atoms with Crippen LogP contribution in [0.25, 0.3) is 11.5 Å². The van der Waals surface area contributed by atoms with Gasteiger partial charge < -0.3 is 5.32 Å². The van der Waals surface area contributed by atoms with E-state index in [1.165, 1.54) is 0 Å². The van der Waals surface area contributed by atoms with Gasteiger partial charge in [0.25, 0.3) is 0 Å². The molecule has 0 radical (unpaired) electrons. The van der Waals surface area contributed by atoms with Crippen LogP contribution >= 0.6 is 0 Å². The van der Waals surface area contributed by atoms with Gasteiger partial charge in [-0.25, -0.2) is 9.97 Å². The second-order valence-corrected chi connectivity index (χ2v) is 3.78. The Morgan fingerprint density at radius 2 is 2.12 bits per heavy atom. The van der Waals surface area contributed by atoms with Gasteiger partial charge in [-0.15, -0.1) is 0 Å². The molecule has 2 rings (SSSR count). The fourth-order valence-electron chi connectivity index (χ4n) is 1.62. The van der Waals surface area contributed by atoms with Gasteiger partial charge in [-0.05, 0) is 18.6 Å². The molecule has 4 heteroatoms. The van der Waals surface area contributed by atoms with Crippen molar-refractivity contribution in [3.63, 3.8) is 0 Å². The number of aromatic nitrogens is 3. The predicted octanol–water partition coefficient (Wildman–Crippen LogP) is 2.53. The fraction of sp³-hybridized carbons (Fsp3) is 0.308. The van der Waals surface area contributed by atoms with E-state index in [2.05, 4.69) is 27.2 Å². The molecule has 0 atom stereocenters. The molecule has 0 unspecified atom stereocenters. The molecule has 2 aromatic heterocycles. The molecule has 0 amide bonds. The zero-order valence-corrected chi connectivity index (χ0v) is 10.1. The van der Waals surface area contributed by atoms with Gasteiger partial charge in [-0.1, -0.05) is 19.4 Å². The smallest absolute Gasteiger partial charge is 0.180 e. The van der Waals surface area contributed by atoms with Gasteiger partial charge in [0.15, 0.2) is 5.82 Å². The second kappa shape index (κ2) is 5.39. The molecule has 0 saturated heterocycles. The maximum atomic E-state index is 4.53. The minimum absolute atomic E-state index is 0.681. The van der Waals surface area contributed by atoms with Crippen LogP contribution in [0.15, 0.2) is 30.5 Å². The summed E-state index contributed by atoms with van der Waals surface area (Å²) >= 11 is 0. The molecule has 17 heavy (non-hydrogen) atoms. The summed E-state index contributed by atoms with van der Waals surface area (Å²) in [6.07, 6.45) is 3.78. The van der Waals surface area contributed by atoms with Crippen LogP contribution in [0.5, 0.6) is 0 Å². The lowest BCUT2D eigenvalue weighted by Gasteiger charge is -2.06. The number of anilines is 1. The van der Waals surface area contributed by atoms with E-state index >= 15 is 0 Å². The van der Waals surface area contributed by atoms with Gasteiger partial charge in [0.2, 0.25) is 0 Å². The Hall–Kier alpha value is -1.97. The molecule has 0 aliphatic heterocycles. The Balaban J connectivity index is 2.43. The number of nitrogens with zero attached hydrogens (tertiary/aromatic N) is 3. The summed E-state index contributed by atoms with van der Waals surface area (Å²) in [6, 6.07) is 7.73. The highest BCUT2D eigenvalue weighted by Crippen LogP contribution is 2.16. The summed E-state index contributed by atoms with van der Waals surface area (Å²) in [7, 11) is 1.86. The van der Waals surface area contributed by atoms with Gasteiger partial charge in [0.05, 0.1) is 0 Å². The summed E-state index contributed by atoms with van der Waals surface area (Å²) < 4.78 is 0. The van der Waals surface area contributed by atoms with Gasteiger partial charge in [-0.3, -0.25) is 4.98 Å². The lowest BCUT2D eigenvalue weighted by atomic mass is 10.2. The molecule has 2 heterocycles. The standard InChI is InChI=1S/C13H16N4/c1-3-6-10-9-12(14-2)17-13(16-10)11-7-4-5-8-15-11/h4-5,7-9H,3,6H2,1-2H3,(H,14,16,17). The van der Waals surface area contributed by atoms with E-state index in [1.54, 1.807) is 6.20 Å². The summed E-state index contributed by atoms with van der Waals surface area (Å²) in [5.74, 6) is 1.52. The first-order chi connectivity index (χ1) is 8.33. The maximum absolute atomic E-state index is 4.53. The second-order valence-electron chi connectivity index (χ2n) is 3.78. The average Bonchev–Trinajstić information content (AvgIpc) is 2.40. The molecule has 0 bridgehead atoms. The zero-order valence-electron chi connectivity index (χ0n) is 10.1. The lowest BCUT2D eigenvalue weighted by Crippen LogP contribution is -2.01. The molecule has 0 saturated carbocycles. The molecule has 0 aliphatic carbocycles. The van der Waals surface area contributed by atoms with Crippen molar-refractivity contribution in [2.75, 3.05) is 12.4 Å². The Labute approximate surface area is 101 Å². The van der Waals surface area contributed by atoms with Crippen LogP contribution in [0, 0.1) is 0 Å². The van der Waals surface area contributed by atoms with E-state index in [-0.39, 0.29) is 0 Å². The van der Waals surface area contributed by atoms with E-state index in [0.717, 1.165) is 30.0 Å². The minimum atomic E-state index is 0.681. The number of pyridine rings is 1. The Morgan fingerprint density at radius 1 is 1.24 bits per heavy atom. The van der Waals surface area contributed by atoms with Gasteiger partial charge in [0.1, 0.15) is 11.5 Å². The van der Waals surface area contributed by atoms with Crippen molar-refractivity contribution in [1.82, 2.24) is 15.0 Å². The molecule has 1 N–H and O–H groups in total. The molecule has 0 spiro atoms. The molecular weight excluding hydrogens is 212 g/mol. The SMILES string of the molecule is CCCc1cc(NC)nc(-c2ccccn2)n1. The number of aryl methyl sites for hydroxylation is 1. The normalized spacial score (nSPS) is 10.2. The van der Waals surface area contributed by atoms with Crippen molar-refractivity contribution in [1.29, 1.82) is 0 Å². The molecule has 4 nitrogen and oxygen atoms in total. The molecule has 0 fully saturated rings. The topological polar surface area (TPSA) is 50.7 Å². The Morgan fingerprint density at radius 3 is 2.76 bits per heavy atom. The number of rotatable bonds is 4. The molecule has 2 aromatic rings. The predicted molar refractivity (Wildman–Crippen MR) is 68.8 cm³/mol. The third-order valence-corrected chi connectivity index (χ3v) is 2.44. The first-order valence-corrected chi connectivity index (χ1v) is 5.80. The van der Waals surface area contributed by atoms with Crippen molar-refractivity contribution in [2.45, 2.75) is 19.8 Å². The Kier molecular flexibility index (Phi) is 3.65. The quantitative estimate of drug-likeness (QED) is 0.873. The fourth-order valence-corrected chi connectivity index (χ4v) is 1.62. The highest BCUT2D eigenvalue weighted by molar-refractivity contribution is 5.52. The van der Waals surface area contributed by atoms with Crippen molar-refractivity contribution in [3.05, 3.63) is 36.2 Å². The van der Waals surface area contributed by atoms with E-state index in [9.17, 15) is 0 Å². The van der Waals surface area contributed by atoms with Crippen LogP contribution in [0.2, 0.25) is 0 Å². The van der Waals surface area contributed by atoms with Crippen LogP contribution in [0.3, 0.4) is 0 Å². The molecule has 0 aromatic carbocycles. The number of hydrogen-bond acceptors (Lipinski definition) is 4. The Bertz CT molecular complexity index is 482. The third kappa shape index (κ3) is 2.78. The average molecular weight is 228 g/mol. The van der Waals surface area contributed by atoms with Crippen molar-refractivity contribution >= 4 is 5.82 Å². The van der Waals surface area contributed by atoms with E-state index in [1.807, 2.05) is 31.3 Å². The van der Waals surface area contributed by atoms with E-state index < -0.39 is 0 Å². The van der Waals surface area contributed by atoms with E-state index in [4.69, 9.17) is 0 Å². The first kappa shape index (κ1) is 11.5. The number of hydrogen-bond donors (Lipinski definition) is 1. The van der Waals surface area contributed by atoms with Crippen LogP contribution in [-0.2, 0) is 6.42 Å². The summed E-state index contributed by atoms with van der Waals surface area (Å²) in [4.78, 5) is 13.2. The molecule has 0 aliphatic rings. The summed E-state index contributed by atoms with van der Waals surface area (Å²) in [5.41, 5.74) is 1.86. The van der Waals surface area contributed by atoms with Crippen molar-refractivity contribution < 1.29 is 0 Å². The third-order valence-electron chi connectivity index (χ3n) is 2.44. The van der Waals surface area contributed by atoms with Crippen LogP contribution in [-0.4, -0.2) is 22.0 Å². The highest BCUT2D eigenvalue weighted by Gasteiger charge is 2.06. The minimum Gasteiger partial charge on any atom is -0.373 e.